The molecule has 0 N–H and O–H groups in total. The van der Waals surface area contributed by atoms with Crippen molar-refractivity contribution in [2.75, 3.05) is 14.2 Å². The predicted octanol–water partition coefficient (Wildman–Crippen LogP) is 12.5. The number of halogens is 30. The number of rotatable bonds is 9. The standard InChI is InChI=1S/C39H6B3F30N3/c43-7-4(8(44)14(50)19(55)13(7)49)1-40-73(37-31(67)25(61)22(58)26(62)32(37)68)41(2-5-9(45)15(51)20(56)16(52)10(5)46)75(39-35(71)29(65)24(60)30(66)36(39)72)42(3-6-11(47)17(53)21(57)18(54)12(6)48)74(40)38-33(69)27(63)23(59)28(64)34(38)70/h1-3H2. The molecule has 0 unspecified atom stereocenters. The zero-order valence-electron chi connectivity index (χ0n) is 34.5. The summed E-state index contributed by atoms with van der Waals surface area (Å²) in [6.45, 7) is -13.2. The molecule has 396 valence electrons. The Kier molecular flexibility index (Phi) is 14.4. The van der Waals surface area contributed by atoms with Gasteiger partial charge in [-0.1, -0.05) is 0 Å². The lowest BCUT2D eigenvalue weighted by Crippen LogP contribution is -2.81. The Bertz CT molecular complexity index is 2910. The summed E-state index contributed by atoms with van der Waals surface area (Å²) in [6.07, 6.45) is -9.18. The monoisotopic (exact) mass is 1120 g/mol. The lowest BCUT2D eigenvalue weighted by atomic mass is 9.38. The minimum atomic E-state index is -4.41. The summed E-state index contributed by atoms with van der Waals surface area (Å²) in [5, 5.41) is 0. The first-order chi connectivity index (χ1) is 34.8. The molecule has 0 amide bonds. The van der Waals surface area contributed by atoms with Gasteiger partial charge in [0.1, 0.15) is 0 Å². The third-order valence-corrected chi connectivity index (χ3v) is 11.3. The summed E-state index contributed by atoms with van der Waals surface area (Å²) in [5.74, 6) is -102. The lowest BCUT2D eigenvalue weighted by molar-refractivity contribution is 0.371. The van der Waals surface area contributed by atoms with Crippen LogP contribution in [-0.2, 0) is 19.0 Å². The van der Waals surface area contributed by atoms with Crippen LogP contribution in [-0.4, -0.2) is 20.9 Å². The molecule has 6 aromatic rings. The maximum Gasteiger partial charge on any atom is 0.357 e. The molecular formula is C39H6B3F30N3. The second-order valence-corrected chi connectivity index (χ2v) is 15.2. The van der Waals surface area contributed by atoms with E-state index in [0.29, 0.717) is 0 Å². The number of benzene rings is 6. The van der Waals surface area contributed by atoms with Gasteiger partial charge in [-0.05, 0) is 19.0 Å². The highest BCUT2D eigenvalue weighted by atomic mass is 19.2. The molecule has 0 bridgehead atoms. The first-order valence-electron chi connectivity index (χ1n) is 19.2. The molecule has 1 fully saturated rings. The quantitative estimate of drug-likeness (QED) is 0.0618. The van der Waals surface area contributed by atoms with Crippen molar-refractivity contribution in [1.82, 2.24) is 0 Å². The average Bonchev–Trinajstić information content (AvgIpc) is 3.38. The van der Waals surface area contributed by atoms with Crippen LogP contribution in [0.1, 0.15) is 16.7 Å². The van der Waals surface area contributed by atoms with Crippen LogP contribution >= 0.6 is 0 Å². The number of nitrogens with zero attached hydrogens (tertiary/aromatic N) is 3. The van der Waals surface area contributed by atoms with Gasteiger partial charge in [0.05, 0.1) is 17.1 Å². The number of hydrogen-bond acceptors (Lipinski definition) is 3. The summed E-state index contributed by atoms with van der Waals surface area (Å²) in [6, 6.07) is 0. The van der Waals surface area contributed by atoms with Gasteiger partial charge < -0.3 is 14.2 Å². The van der Waals surface area contributed by atoms with Gasteiger partial charge in [0.2, 0.25) is 34.9 Å². The minimum absolute atomic E-state index is 1.43. The predicted molar refractivity (Wildman–Crippen MR) is 193 cm³/mol. The molecular weight excluding hydrogens is 1110 g/mol. The Morgan fingerprint density at radius 2 is 0.267 bits per heavy atom. The van der Waals surface area contributed by atoms with E-state index in [4.69, 9.17) is 0 Å². The summed E-state index contributed by atoms with van der Waals surface area (Å²) < 4.78 is 458. The molecule has 3 nitrogen and oxygen atoms in total. The van der Waals surface area contributed by atoms with Gasteiger partial charge in [-0.2, -0.15) is 0 Å². The van der Waals surface area contributed by atoms with E-state index in [-0.39, 0.29) is 0 Å². The van der Waals surface area contributed by atoms with Crippen molar-refractivity contribution in [2.24, 2.45) is 0 Å². The molecule has 75 heavy (non-hydrogen) atoms. The number of anilines is 3. The molecule has 0 radical (unpaired) electrons. The first-order valence-corrected chi connectivity index (χ1v) is 19.2. The van der Waals surface area contributed by atoms with Crippen LogP contribution in [0.25, 0.3) is 0 Å². The van der Waals surface area contributed by atoms with E-state index in [1.807, 2.05) is 0 Å². The van der Waals surface area contributed by atoms with Gasteiger partial charge in [-0.15, -0.1) is 0 Å². The zero-order valence-corrected chi connectivity index (χ0v) is 34.5. The minimum Gasteiger partial charge on any atom is -0.419 e. The van der Waals surface area contributed by atoms with Gasteiger partial charge in [0.25, 0.3) is 0 Å². The topological polar surface area (TPSA) is 9.72 Å². The average molecular weight is 1120 g/mol. The molecule has 0 aromatic heterocycles. The van der Waals surface area contributed by atoms with Crippen LogP contribution in [0, 0.1) is 175 Å². The van der Waals surface area contributed by atoms with E-state index in [0.717, 1.165) is 0 Å². The van der Waals surface area contributed by atoms with Crippen LogP contribution < -0.4 is 14.2 Å². The van der Waals surface area contributed by atoms with Crippen molar-refractivity contribution < 1.29 is 132 Å². The molecule has 0 aliphatic carbocycles. The SMILES string of the molecule is Fc1c(F)c(F)c(CB2N(c3c(F)c(F)c(F)c(F)c3F)B(Cc3c(F)c(F)c(F)c(F)c3F)N(c3c(F)c(F)c(F)c(F)c3F)B(Cc3c(F)c(F)c(F)c(F)c3F)N2c2c(F)c(F)c(F)c(F)c2F)c(F)c1F. The fourth-order valence-electron chi connectivity index (χ4n) is 7.98. The van der Waals surface area contributed by atoms with Crippen molar-refractivity contribution in [3.05, 3.63) is 191 Å². The summed E-state index contributed by atoms with van der Waals surface area (Å²) in [4.78, 5) is 0. The van der Waals surface area contributed by atoms with Crippen LogP contribution in [0.2, 0.25) is 0 Å². The highest BCUT2D eigenvalue weighted by molar-refractivity contribution is 7.04. The van der Waals surface area contributed by atoms with E-state index in [1.54, 1.807) is 0 Å². The molecule has 0 spiro atoms. The highest BCUT2D eigenvalue weighted by Gasteiger charge is 2.60. The molecule has 7 rings (SSSR count). The molecule has 1 aliphatic rings. The van der Waals surface area contributed by atoms with Gasteiger partial charge in [0.15, 0.2) is 140 Å². The third kappa shape index (κ3) is 8.22. The Morgan fingerprint density at radius 3 is 0.400 bits per heavy atom. The van der Waals surface area contributed by atoms with Crippen LogP contribution in [0.5, 0.6) is 0 Å². The van der Waals surface area contributed by atoms with E-state index < -0.39 is 262 Å². The largest absolute Gasteiger partial charge is 0.419 e. The fourth-order valence-corrected chi connectivity index (χ4v) is 7.98. The van der Waals surface area contributed by atoms with Gasteiger partial charge >= 0.3 is 20.9 Å². The lowest BCUT2D eigenvalue weighted by Gasteiger charge is -2.57. The molecule has 1 saturated heterocycles. The van der Waals surface area contributed by atoms with E-state index >= 15 is 79.0 Å². The highest BCUT2D eigenvalue weighted by Crippen LogP contribution is 2.46. The molecule has 1 aliphatic heterocycles. The van der Waals surface area contributed by atoms with Crippen LogP contribution in [0.3, 0.4) is 0 Å². The maximum absolute atomic E-state index is 16.4. The summed E-state index contributed by atoms with van der Waals surface area (Å²) >= 11 is 0. The summed E-state index contributed by atoms with van der Waals surface area (Å²) in [5.41, 5.74) is -18.2. The maximum atomic E-state index is 16.4. The molecule has 0 atom stereocenters. The van der Waals surface area contributed by atoms with Crippen LogP contribution in [0.4, 0.5) is 149 Å². The summed E-state index contributed by atoms with van der Waals surface area (Å²) in [7, 11) is 0. The van der Waals surface area contributed by atoms with Gasteiger partial charge in [-0.25, -0.2) is 132 Å². The zero-order chi connectivity index (χ0) is 56.4. The Morgan fingerprint density at radius 1 is 0.160 bits per heavy atom. The molecule has 36 heteroatoms. The van der Waals surface area contributed by atoms with Gasteiger partial charge in [0, 0.05) is 16.7 Å². The Labute approximate surface area is 394 Å². The van der Waals surface area contributed by atoms with E-state index in [2.05, 4.69) is 0 Å². The van der Waals surface area contributed by atoms with Crippen molar-refractivity contribution >= 4 is 38.0 Å². The third-order valence-electron chi connectivity index (χ3n) is 11.3. The number of hydrogen-bond donors (Lipinski definition) is 0. The second kappa shape index (κ2) is 19.5. The molecule has 0 saturated carbocycles. The van der Waals surface area contributed by atoms with Crippen molar-refractivity contribution in [1.29, 1.82) is 0 Å². The van der Waals surface area contributed by atoms with E-state index in [1.165, 1.54) is 0 Å². The fraction of sp³-hybridized carbons (Fsp3) is 0.0769. The van der Waals surface area contributed by atoms with Crippen molar-refractivity contribution in [3.63, 3.8) is 0 Å². The van der Waals surface area contributed by atoms with E-state index in [9.17, 15) is 52.7 Å². The second-order valence-electron chi connectivity index (χ2n) is 15.2. The van der Waals surface area contributed by atoms with Gasteiger partial charge in [-0.3, -0.25) is 0 Å². The first kappa shape index (κ1) is 55.6. The normalized spacial score (nSPS) is 13.2. The smallest absolute Gasteiger partial charge is 0.357 e. The molecule has 6 aromatic carbocycles. The van der Waals surface area contributed by atoms with Crippen LogP contribution in [0.15, 0.2) is 0 Å². The Hall–Kier alpha value is -7.19. The van der Waals surface area contributed by atoms with Crippen molar-refractivity contribution in [2.45, 2.75) is 19.0 Å². The Balaban J connectivity index is 1.86. The molecule has 1 heterocycles. The van der Waals surface area contributed by atoms with Crippen molar-refractivity contribution in [3.8, 4) is 0 Å².